The number of aromatic nitrogens is 3. The molecule has 1 heterocycles. The molecular formula is C11H20N4S. The largest absolute Gasteiger partial charge is 0.314 e. The quantitative estimate of drug-likeness (QED) is 0.869. The van der Waals surface area contributed by atoms with E-state index in [1.807, 2.05) is 23.5 Å². The average Bonchev–Trinajstić information content (AvgIpc) is 2.80. The van der Waals surface area contributed by atoms with Crippen LogP contribution in [0.3, 0.4) is 0 Å². The molecule has 0 aliphatic heterocycles. The Labute approximate surface area is 101 Å². The van der Waals surface area contributed by atoms with E-state index in [1.54, 1.807) is 6.33 Å². The topological polar surface area (TPSA) is 42.7 Å². The maximum absolute atomic E-state index is 4.28. The van der Waals surface area contributed by atoms with Gasteiger partial charge >= 0.3 is 0 Å². The van der Waals surface area contributed by atoms with Crippen LogP contribution in [0, 0.1) is 5.92 Å². The van der Waals surface area contributed by atoms with E-state index in [0.717, 1.165) is 11.7 Å². The number of thioether (sulfide) groups is 1. The van der Waals surface area contributed by atoms with Crippen LogP contribution in [0.2, 0.25) is 0 Å². The summed E-state index contributed by atoms with van der Waals surface area (Å²) in [6.07, 6.45) is 4.19. The fraction of sp³-hybridized carbons (Fsp3) is 0.818. The number of nitrogens with zero attached hydrogens (tertiary/aromatic N) is 3. The highest BCUT2D eigenvalue weighted by atomic mass is 32.2. The molecule has 1 aromatic rings. The summed E-state index contributed by atoms with van der Waals surface area (Å²) in [7, 11) is 1.96. The van der Waals surface area contributed by atoms with Gasteiger partial charge in [0, 0.05) is 18.3 Å². The minimum absolute atomic E-state index is 0.673. The van der Waals surface area contributed by atoms with Crippen molar-refractivity contribution in [2.24, 2.45) is 13.0 Å². The third-order valence-electron chi connectivity index (χ3n) is 3.38. The monoisotopic (exact) mass is 240 g/mol. The van der Waals surface area contributed by atoms with Crippen molar-refractivity contribution in [3.63, 3.8) is 0 Å². The fourth-order valence-corrected chi connectivity index (χ4v) is 3.61. The molecule has 16 heavy (non-hydrogen) atoms. The van der Waals surface area contributed by atoms with Crippen molar-refractivity contribution >= 4 is 11.8 Å². The number of hydrogen-bond donors (Lipinski definition) is 1. The number of aryl methyl sites for hydroxylation is 1. The van der Waals surface area contributed by atoms with E-state index < -0.39 is 0 Å². The summed E-state index contributed by atoms with van der Waals surface area (Å²) in [5.41, 5.74) is 0. The van der Waals surface area contributed by atoms with E-state index in [-0.39, 0.29) is 0 Å². The van der Waals surface area contributed by atoms with Crippen LogP contribution in [-0.2, 0) is 7.05 Å². The third-order valence-corrected chi connectivity index (χ3v) is 4.92. The molecule has 0 saturated heterocycles. The lowest BCUT2D eigenvalue weighted by atomic mass is 10.1. The van der Waals surface area contributed by atoms with Crippen molar-refractivity contribution in [3.8, 4) is 0 Å². The van der Waals surface area contributed by atoms with Crippen molar-refractivity contribution in [2.45, 2.75) is 43.1 Å². The molecule has 3 unspecified atom stereocenters. The van der Waals surface area contributed by atoms with E-state index in [4.69, 9.17) is 0 Å². The number of nitrogens with one attached hydrogen (secondary N) is 1. The molecule has 0 aromatic carbocycles. The van der Waals surface area contributed by atoms with Gasteiger partial charge in [-0.1, -0.05) is 25.6 Å². The van der Waals surface area contributed by atoms with E-state index >= 15 is 0 Å². The molecule has 5 heteroatoms. The first-order valence-electron chi connectivity index (χ1n) is 5.96. The summed E-state index contributed by atoms with van der Waals surface area (Å²) in [6, 6.07) is 0.677. The first-order chi connectivity index (χ1) is 7.72. The van der Waals surface area contributed by atoms with Crippen molar-refractivity contribution in [1.82, 2.24) is 20.1 Å². The summed E-state index contributed by atoms with van der Waals surface area (Å²) in [4.78, 5) is 4.28. The molecular weight excluding hydrogens is 220 g/mol. The minimum atomic E-state index is 0.673. The van der Waals surface area contributed by atoms with Gasteiger partial charge < -0.3 is 5.32 Å². The first-order valence-corrected chi connectivity index (χ1v) is 6.84. The van der Waals surface area contributed by atoms with Crippen molar-refractivity contribution in [2.75, 3.05) is 6.54 Å². The Morgan fingerprint density at radius 1 is 1.56 bits per heavy atom. The van der Waals surface area contributed by atoms with Gasteiger partial charge in [0.25, 0.3) is 0 Å². The Bertz CT molecular complexity index is 338. The molecule has 1 saturated carbocycles. The average molecular weight is 240 g/mol. The molecule has 0 amide bonds. The maximum Gasteiger partial charge on any atom is 0.186 e. The minimum Gasteiger partial charge on any atom is -0.314 e. The molecule has 1 N–H and O–H groups in total. The Kier molecular flexibility index (Phi) is 3.86. The van der Waals surface area contributed by atoms with Crippen LogP contribution in [0.1, 0.15) is 26.7 Å². The van der Waals surface area contributed by atoms with Gasteiger partial charge in [-0.25, -0.2) is 9.67 Å². The normalized spacial score (nSPS) is 29.8. The molecule has 90 valence electrons. The molecule has 2 rings (SSSR count). The molecule has 1 fully saturated rings. The molecule has 1 aliphatic carbocycles. The predicted octanol–water partition coefficient (Wildman–Crippen LogP) is 1.68. The standard InChI is InChI=1S/C11H20N4S/c1-4-12-9-5-6-10(8(9)2)16-11-13-7-14-15(11)3/h7-10,12H,4-6H2,1-3H3. The zero-order valence-electron chi connectivity index (χ0n) is 10.2. The van der Waals surface area contributed by atoms with Gasteiger partial charge in [-0.3, -0.25) is 0 Å². The molecule has 0 spiro atoms. The Morgan fingerprint density at radius 2 is 2.38 bits per heavy atom. The highest BCUT2D eigenvalue weighted by Crippen LogP contribution is 2.37. The van der Waals surface area contributed by atoms with Gasteiger partial charge in [0.05, 0.1) is 0 Å². The second kappa shape index (κ2) is 5.19. The third kappa shape index (κ3) is 2.40. The van der Waals surface area contributed by atoms with Crippen molar-refractivity contribution in [3.05, 3.63) is 6.33 Å². The van der Waals surface area contributed by atoms with E-state index in [0.29, 0.717) is 17.2 Å². The van der Waals surface area contributed by atoms with E-state index in [9.17, 15) is 0 Å². The van der Waals surface area contributed by atoms with Gasteiger partial charge in [-0.15, -0.1) is 0 Å². The van der Waals surface area contributed by atoms with Gasteiger partial charge in [0.2, 0.25) is 0 Å². The zero-order valence-corrected chi connectivity index (χ0v) is 11.0. The number of hydrogen-bond acceptors (Lipinski definition) is 4. The van der Waals surface area contributed by atoms with Gasteiger partial charge in [0.1, 0.15) is 6.33 Å². The summed E-state index contributed by atoms with van der Waals surface area (Å²) < 4.78 is 1.86. The van der Waals surface area contributed by atoms with Gasteiger partial charge in [-0.05, 0) is 25.3 Å². The van der Waals surface area contributed by atoms with Crippen LogP contribution in [0.15, 0.2) is 11.5 Å². The second-order valence-electron chi connectivity index (χ2n) is 4.42. The van der Waals surface area contributed by atoms with E-state index in [1.165, 1.54) is 12.8 Å². The van der Waals surface area contributed by atoms with Gasteiger partial charge in [-0.2, -0.15) is 5.10 Å². The van der Waals surface area contributed by atoms with Crippen molar-refractivity contribution in [1.29, 1.82) is 0 Å². The molecule has 4 nitrogen and oxygen atoms in total. The lowest BCUT2D eigenvalue weighted by Crippen LogP contribution is -2.33. The Morgan fingerprint density at radius 3 is 3.00 bits per heavy atom. The van der Waals surface area contributed by atoms with Gasteiger partial charge in [0.15, 0.2) is 5.16 Å². The van der Waals surface area contributed by atoms with Crippen LogP contribution >= 0.6 is 11.8 Å². The highest BCUT2D eigenvalue weighted by Gasteiger charge is 2.33. The summed E-state index contributed by atoms with van der Waals surface area (Å²) in [6.45, 7) is 5.58. The van der Waals surface area contributed by atoms with Crippen LogP contribution in [0.25, 0.3) is 0 Å². The van der Waals surface area contributed by atoms with Crippen LogP contribution in [-0.4, -0.2) is 32.6 Å². The molecule has 0 bridgehead atoms. The smallest absolute Gasteiger partial charge is 0.186 e. The maximum atomic E-state index is 4.28. The Hall–Kier alpha value is -0.550. The van der Waals surface area contributed by atoms with Crippen molar-refractivity contribution < 1.29 is 0 Å². The number of rotatable bonds is 4. The molecule has 1 aromatic heterocycles. The van der Waals surface area contributed by atoms with Crippen LogP contribution in [0.4, 0.5) is 0 Å². The lowest BCUT2D eigenvalue weighted by Gasteiger charge is -2.20. The highest BCUT2D eigenvalue weighted by molar-refractivity contribution is 7.99. The summed E-state index contributed by atoms with van der Waals surface area (Å²) in [5, 5.41) is 9.38. The first kappa shape index (κ1) is 11.9. The molecule has 3 atom stereocenters. The predicted molar refractivity (Wildman–Crippen MR) is 66.5 cm³/mol. The summed E-state index contributed by atoms with van der Waals surface area (Å²) >= 11 is 1.87. The second-order valence-corrected chi connectivity index (χ2v) is 5.63. The fourth-order valence-electron chi connectivity index (χ4n) is 2.37. The van der Waals surface area contributed by atoms with E-state index in [2.05, 4.69) is 29.2 Å². The molecule has 1 aliphatic rings. The lowest BCUT2D eigenvalue weighted by molar-refractivity contribution is 0.441. The molecule has 0 radical (unpaired) electrons. The SMILES string of the molecule is CCNC1CCC(Sc2ncnn2C)C1C. The van der Waals surface area contributed by atoms with Crippen LogP contribution in [0.5, 0.6) is 0 Å². The zero-order chi connectivity index (χ0) is 11.5. The van der Waals surface area contributed by atoms with Crippen LogP contribution < -0.4 is 5.32 Å². The Balaban J connectivity index is 1.95. The summed E-state index contributed by atoms with van der Waals surface area (Å²) in [5.74, 6) is 0.710.